The van der Waals surface area contributed by atoms with Gasteiger partial charge in [-0.3, -0.25) is 9.59 Å². The number of carbonyl (C=O) groups is 2. The molecule has 1 unspecified atom stereocenters. The molecule has 0 radical (unpaired) electrons. The number of nitrogens with one attached hydrogen (secondary N) is 1. The molecular formula is C21H21N3O2S2. The summed E-state index contributed by atoms with van der Waals surface area (Å²) in [5.74, 6) is -0.133. The third-order valence-corrected chi connectivity index (χ3v) is 6.67. The highest BCUT2D eigenvalue weighted by molar-refractivity contribution is 7.13. The van der Waals surface area contributed by atoms with Crippen LogP contribution in [0.5, 0.6) is 0 Å². The number of amides is 2. The number of likely N-dealkylation sites (tertiary alicyclic amines) is 1. The Hall–Kier alpha value is -2.51. The summed E-state index contributed by atoms with van der Waals surface area (Å²) in [7, 11) is 0. The number of aryl methyl sites for hydroxylation is 1. The van der Waals surface area contributed by atoms with Crippen molar-refractivity contribution in [2.24, 2.45) is 0 Å². The van der Waals surface area contributed by atoms with Crippen molar-refractivity contribution in [3.05, 3.63) is 63.4 Å². The fourth-order valence-corrected chi connectivity index (χ4v) is 4.94. The highest BCUT2D eigenvalue weighted by Crippen LogP contribution is 2.27. The Kier molecular flexibility index (Phi) is 5.54. The van der Waals surface area contributed by atoms with Crippen molar-refractivity contribution in [3.8, 4) is 10.4 Å². The first-order valence-corrected chi connectivity index (χ1v) is 11.1. The van der Waals surface area contributed by atoms with Crippen LogP contribution in [0.1, 0.15) is 34.5 Å². The van der Waals surface area contributed by atoms with E-state index in [9.17, 15) is 9.59 Å². The van der Waals surface area contributed by atoms with Gasteiger partial charge in [-0.15, -0.1) is 11.3 Å². The molecule has 3 aromatic rings. The molecule has 28 heavy (non-hydrogen) atoms. The number of carbonyl (C=O) groups excluding carboxylic acids is 2. The van der Waals surface area contributed by atoms with Crippen LogP contribution in [0.15, 0.2) is 46.6 Å². The number of rotatable bonds is 5. The third kappa shape index (κ3) is 3.86. The number of hydrogen-bond donors (Lipinski definition) is 1. The molecular weight excluding hydrogens is 390 g/mol. The number of thiophene rings is 1. The first-order valence-electron chi connectivity index (χ1n) is 9.24. The van der Waals surface area contributed by atoms with Crippen molar-refractivity contribution >= 4 is 34.5 Å². The summed E-state index contributed by atoms with van der Waals surface area (Å²) in [6.07, 6.45) is 1.57. The van der Waals surface area contributed by atoms with Crippen molar-refractivity contribution in [1.29, 1.82) is 0 Å². The number of nitrogens with zero attached hydrogens (tertiary/aromatic N) is 2. The average molecular weight is 412 g/mol. The normalized spacial score (nSPS) is 16.3. The summed E-state index contributed by atoms with van der Waals surface area (Å²) in [6, 6.07) is 9.60. The minimum Gasteiger partial charge on any atom is -0.350 e. The Morgan fingerprint density at radius 2 is 2.07 bits per heavy atom. The van der Waals surface area contributed by atoms with E-state index in [1.807, 2.05) is 41.4 Å². The van der Waals surface area contributed by atoms with Crippen LogP contribution in [0.25, 0.3) is 10.4 Å². The van der Waals surface area contributed by atoms with Crippen LogP contribution in [0, 0.1) is 6.92 Å². The zero-order chi connectivity index (χ0) is 19.5. The standard InChI is InChI=1S/C21H21N3O2S2/c1-14-19(28-13-23-14)16-6-4-15(5-7-16)11-22-20(25)18-3-2-9-24(18)21(26)17-8-10-27-12-17/h4-8,10,12-13,18H,2-3,9,11H2,1H3,(H,22,25). The number of benzene rings is 1. The Balaban J connectivity index is 1.37. The van der Waals surface area contributed by atoms with E-state index < -0.39 is 0 Å². The number of aromatic nitrogens is 1. The molecule has 0 aliphatic carbocycles. The minimum atomic E-state index is -0.383. The zero-order valence-electron chi connectivity index (χ0n) is 15.6. The fourth-order valence-electron chi connectivity index (χ4n) is 3.49. The largest absolute Gasteiger partial charge is 0.350 e. The van der Waals surface area contributed by atoms with E-state index >= 15 is 0 Å². The molecule has 2 amide bonds. The molecule has 1 fully saturated rings. The Morgan fingerprint density at radius 1 is 1.25 bits per heavy atom. The lowest BCUT2D eigenvalue weighted by Crippen LogP contribution is -2.45. The van der Waals surface area contributed by atoms with E-state index in [4.69, 9.17) is 0 Å². The summed E-state index contributed by atoms with van der Waals surface area (Å²) >= 11 is 3.12. The lowest BCUT2D eigenvalue weighted by molar-refractivity contribution is -0.125. The number of thiazole rings is 1. The van der Waals surface area contributed by atoms with E-state index in [1.165, 1.54) is 16.2 Å². The topological polar surface area (TPSA) is 62.3 Å². The highest BCUT2D eigenvalue weighted by atomic mass is 32.1. The predicted molar refractivity (Wildman–Crippen MR) is 113 cm³/mol. The quantitative estimate of drug-likeness (QED) is 0.687. The molecule has 1 N–H and O–H groups in total. The van der Waals surface area contributed by atoms with Crippen LogP contribution in [0.4, 0.5) is 0 Å². The van der Waals surface area contributed by atoms with Crippen LogP contribution in [0.2, 0.25) is 0 Å². The molecule has 5 nitrogen and oxygen atoms in total. The Bertz CT molecular complexity index is 964. The second kappa shape index (κ2) is 8.24. The molecule has 4 rings (SSSR count). The summed E-state index contributed by atoms with van der Waals surface area (Å²) < 4.78 is 0. The summed E-state index contributed by atoms with van der Waals surface area (Å²) in [4.78, 5) is 32.5. The molecule has 1 saturated heterocycles. The van der Waals surface area contributed by atoms with Gasteiger partial charge >= 0.3 is 0 Å². The maximum Gasteiger partial charge on any atom is 0.255 e. The van der Waals surface area contributed by atoms with Gasteiger partial charge < -0.3 is 10.2 Å². The van der Waals surface area contributed by atoms with Crippen LogP contribution >= 0.6 is 22.7 Å². The molecule has 0 spiro atoms. The molecule has 2 aromatic heterocycles. The Morgan fingerprint density at radius 3 is 2.75 bits per heavy atom. The smallest absolute Gasteiger partial charge is 0.255 e. The molecule has 1 aliphatic heterocycles. The van der Waals surface area contributed by atoms with Crippen LogP contribution < -0.4 is 5.32 Å². The summed E-state index contributed by atoms with van der Waals surface area (Å²) in [5, 5.41) is 6.72. The van der Waals surface area contributed by atoms with E-state index in [-0.39, 0.29) is 17.9 Å². The van der Waals surface area contributed by atoms with E-state index in [1.54, 1.807) is 16.2 Å². The zero-order valence-corrected chi connectivity index (χ0v) is 17.2. The average Bonchev–Trinajstić information content (AvgIpc) is 3.47. The maximum absolute atomic E-state index is 12.7. The first-order chi connectivity index (χ1) is 13.6. The SMILES string of the molecule is Cc1ncsc1-c1ccc(CNC(=O)C2CCCN2C(=O)c2ccsc2)cc1. The molecule has 0 saturated carbocycles. The van der Waals surface area contributed by atoms with Crippen molar-refractivity contribution in [2.45, 2.75) is 32.4 Å². The van der Waals surface area contributed by atoms with Crippen molar-refractivity contribution in [1.82, 2.24) is 15.2 Å². The van der Waals surface area contributed by atoms with Crippen LogP contribution in [-0.2, 0) is 11.3 Å². The number of hydrogen-bond acceptors (Lipinski definition) is 5. The lowest BCUT2D eigenvalue weighted by Gasteiger charge is -2.23. The first kappa shape index (κ1) is 18.8. The van der Waals surface area contributed by atoms with Gasteiger partial charge in [-0.25, -0.2) is 4.98 Å². The fraction of sp³-hybridized carbons (Fsp3) is 0.286. The van der Waals surface area contributed by atoms with Gasteiger partial charge in [-0.1, -0.05) is 24.3 Å². The molecule has 144 valence electrons. The van der Waals surface area contributed by atoms with Crippen LogP contribution in [0.3, 0.4) is 0 Å². The second-order valence-electron chi connectivity index (χ2n) is 6.85. The Labute approximate surface area is 172 Å². The molecule has 1 atom stereocenters. The van der Waals surface area contributed by atoms with E-state index in [0.717, 1.165) is 23.2 Å². The van der Waals surface area contributed by atoms with Gasteiger partial charge in [-0.05, 0) is 42.3 Å². The van der Waals surface area contributed by atoms with Crippen molar-refractivity contribution in [2.75, 3.05) is 6.54 Å². The van der Waals surface area contributed by atoms with Gasteiger partial charge in [0.15, 0.2) is 0 Å². The molecule has 7 heteroatoms. The van der Waals surface area contributed by atoms with Gasteiger partial charge in [0.05, 0.1) is 21.6 Å². The minimum absolute atomic E-state index is 0.0526. The second-order valence-corrected chi connectivity index (χ2v) is 8.49. The predicted octanol–water partition coefficient (Wildman–Crippen LogP) is 4.10. The monoisotopic (exact) mass is 411 g/mol. The highest BCUT2D eigenvalue weighted by Gasteiger charge is 2.34. The molecule has 3 heterocycles. The summed E-state index contributed by atoms with van der Waals surface area (Å²) in [6.45, 7) is 3.10. The van der Waals surface area contributed by atoms with Crippen molar-refractivity contribution < 1.29 is 9.59 Å². The van der Waals surface area contributed by atoms with Gasteiger partial charge in [0.25, 0.3) is 5.91 Å². The third-order valence-electron chi connectivity index (χ3n) is 5.01. The molecule has 0 bridgehead atoms. The van der Waals surface area contributed by atoms with Gasteiger partial charge in [0.2, 0.25) is 5.91 Å². The lowest BCUT2D eigenvalue weighted by atomic mass is 10.1. The van der Waals surface area contributed by atoms with Gasteiger partial charge in [0.1, 0.15) is 6.04 Å². The molecule has 1 aromatic carbocycles. The molecule has 1 aliphatic rings. The van der Waals surface area contributed by atoms with Crippen LogP contribution in [-0.4, -0.2) is 34.3 Å². The van der Waals surface area contributed by atoms with Crippen molar-refractivity contribution in [3.63, 3.8) is 0 Å². The van der Waals surface area contributed by atoms with E-state index in [2.05, 4.69) is 22.4 Å². The maximum atomic E-state index is 12.7. The summed E-state index contributed by atoms with van der Waals surface area (Å²) in [5.41, 5.74) is 5.72. The van der Waals surface area contributed by atoms with E-state index in [0.29, 0.717) is 25.1 Å². The van der Waals surface area contributed by atoms with Gasteiger partial charge in [-0.2, -0.15) is 11.3 Å². The van der Waals surface area contributed by atoms with Gasteiger partial charge in [0, 0.05) is 18.5 Å².